The third-order valence-corrected chi connectivity index (χ3v) is 5.76. The van der Waals surface area contributed by atoms with E-state index in [9.17, 15) is 24.0 Å². The number of imide groups is 2. The summed E-state index contributed by atoms with van der Waals surface area (Å²) in [4.78, 5) is 62.5. The van der Waals surface area contributed by atoms with Crippen LogP contribution >= 0.6 is 11.8 Å². The molecule has 2 aliphatic heterocycles. The molecule has 2 heterocycles. The van der Waals surface area contributed by atoms with Crippen LogP contribution in [0.1, 0.15) is 36.6 Å². The van der Waals surface area contributed by atoms with Crippen LogP contribution in [0, 0.1) is 0 Å². The molecule has 30 heavy (non-hydrogen) atoms. The fourth-order valence-corrected chi connectivity index (χ4v) is 4.06. The number of nitrogens with zero attached hydrogens (tertiary/aromatic N) is 2. The quantitative estimate of drug-likeness (QED) is 0.712. The number of thioether (sulfide) groups is 1. The summed E-state index contributed by atoms with van der Waals surface area (Å²) in [6, 6.07) is 13.3. The zero-order valence-electron chi connectivity index (χ0n) is 15.8. The Morgan fingerprint density at radius 2 is 1.53 bits per heavy atom. The lowest BCUT2D eigenvalue weighted by atomic mass is 10.1. The van der Waals surface area contributed by atoms with Crippen molar-refractivity contribution in [1.29, 1.82) is 0 Å². The van der Waals surface area contributed by atoms with Crippen LogP contribution in [0.25, 0.3) is 0 Å². The summed E-state index contributed by atoms with van der Waals surface area (Å²) in [5.41, 5.74) is 1.90. The minimum Gasteiger partial charge on any atom is -0.350 e. The number of nitrogens with one attached hydrogen (secondary N) is 1. The summed E-state index contributed by atoms with van der Waals surface area (Å²) < 4.78 is 0. The Hall–Kier alpha value is -3.46. The third-order valence-electron chi connectivity index (χ3n) is 4.90. The lowest BCUT2D eigenvalue weighted by molar-refractivity contribution is -0.124. The van der Waals surface area contributed by atoms with Gasteiger partial charge in [-0.3, -0.25) is 33.8 Å². The summed E-state index contributed by atoms with van der Waals surface area (Å²) >= 11 is 0.952. The van der Waals surface area contributed by atoms with E-state index in [2.05, 4.69) is 5.32 Å². The van der Waals surface area contributed by atoms with E-state index in [0.717, 1.165) is 16.7 Å². The minimum absolute atomic E-state index is 0.116. The number of carbonyl (C=O) groups excluding carboxylic acids is 5. The maximum absolute atomic E-state index is 12.4. The predicted molar refractivity (Wildman–Crippen MR) is 109 cm³/mol. The average molecular weight is 423 g/mol. The van der Waals surface area contributed by atoms with Crippen LogP contribution in [-0.2, 0) is 11.3 Å². The molecule has 2 aliphatic rings. The van der Waals surface area contributed by atoms with Crippen LogP contribution in [0.4, 0.5) is 4.79 Å². The van der Waals surface area contributed by atoms with Gasteiger partial charge in [-0.15, -0.1) is 0 Å². The van der Waals surface area contributed by atoms with Gasteiger partial charge in [0.2, 0.25) is 5.91 Å². The topological polar surface area (TPSA) is 104 Å². The molecule has 9 heteroatoms. The standard InChI is InChI=1S/C21H17N3O5S/c25-17-12-30-21(29)23(17)10-9-22-18(26)14-7-5-13(6-8-14)11-24-19(27)15-3-1-2-4-16(15)20(24)28/h1-8H,9-12H2,(H,22,26). The predicted octanol–water partition coefficient (Wildman–Crippen LogP) is 1.91. The Labute approximate surface area is 176 Å². The van der Waals surface area contributed by atoms with Gasteiger partial charge in [-0.1, -0.05) is 36.0 Å². The minimum atomic E-state index is -0.339. The van der Waals surface area contributed by atoms with Gasteiger partial charge in [0, 0.05) is 18.7 Å². The van der Waals surface area contributed by atoms with Gasteiger partial charge in [0.05, 0.1) is 23.4 Å². The van der Waals surface area contributed by atoms with Gasteiger partial charge < -0.3 is 5.32 Å². The molecule has 152 valence electrons. The lowest BCUT2D eigenvalue weighted by Gasteiger charge is -2.15. The number of benzene rings is 2. The van der Waals surface area contributed by atoms with Gasteiger partial charge in [0.25, 0.3) is 23.0 Å². The number of hydrogen-bond acceptors (Lipinski definition) is 6. The number of rotatable bonds is 6. The lowest BCUT2D eigenvalue weighted by Crippen LogP contribution is -2.37. The molecule has 0 saturated carbocycles. The highest BCUT2D eigenvalue weighted by Gasteiger charge is 2.35. The zero-order valence-corrected chi connectivity index (χ0v) is 16.6. The van der Waals surface area contributed by atoms with Gasteiger partial charge in [0.1, 0.15) is 0 Å². The second-order valence-corrected chi connectivity index (χ2v) is 7.72. The molecule has 0 bridgehead atoms. The van der Waals surface area contributed by atoms with E-state index in [-0.39, 0.29) is 54.3 Å². The Balaban J connectivity index is 1.34. The maximum atomic E-state index is 12.4. The molecule has 0 atom stereocenters. The van der Waals surface area contributed by atoms with E-state index >= 15 is 0 Å². The van der Waals surface area contributed by atoms with Gasteiger partial charge in [-0.25, -0.2) is 0 Å². The molecule has 1 N–H and O–H groups in total. The summed E-state index contributed by atoms with van der Waals surface area (Å²) in [6.45, 7) is 0.410. The first kappa shape index (κ1) is 19.8. The maximum Gasteiger partial charge on any atom is 0.288 e. The number of amides is 5. The smallest absolute Gasteiger partial charge is 0.288 e. The van der Waals surface area contributed by atoms with Crippen molar-refractivity contribution in [2.75, 3.05) is 18.8 Å². The van der Waals surface area contributed by atoms with Crippen molar-refractivity contribution in [3.05, 3.63) is 70.8 Å². The van der Waals surface area contributed by atoms with Gasteiger partial charge in [0.15, 0.2) is 0 Å². The number of fused-ring (bicyclic) bond motifs is 1. The van der Waals surface area contributed by atoms with Crippen molar-refractivity contribution in [3.63, 3.8) is 0 Å². The molecule has 0 radical (unpaired) electrons. The normalized spacial score (nSPS) is 15.7. The van der Waals surface area contributed by atoms with Crippen molar-refractivity contribution < 1.29 is 24.0 Å². The van der Waals surface area contributed by atoms with Crippen LogP contribution in [0.5, 0.6) is 0 Å². The molecule has 2 aromatic rings. The van der Waals surface area contributed by atoms with Gasteiger partial charge in [-0.05, 0) is 29.8 Å². The molecule has 0 aliphatic carbocycles. The van der Waals surface area contributed by atoms with Crippen molar-refractivity contribution >= 4 is 40.6 Å². The van der Waals surface area contributed by atoms with Crippen LogP contribution in [0.15, 0.2) is 48.5 Å². The first-order valence-corrected chi connectivity index (χ1v) is 10.2. The Kier molecular flexibility index (Phi) is 5.37. The highest BCUT2D eigenvalue weighted by Crippen LogP contribution is 2.24. The molecule has 1 saturated heterocycles. The summed E-state index contributed by atoms with van der Waals surface area (Å²) in [5, 5.41) is 2.37. The Bertz CT molecular complexity index is 1020. The molecule has 1 fully saturated rings. The first-order valence-electron chi connectivity index (χ1n) is 9.25. The fourth-order valence-electron chi connectivity index (χ4n) is 3.31. The monoisotopic (exact) mass is 423 g/mol. The van der Waals surface area contributed by atoms with Crippen LogP contribution in [0.3, 0.4) is 0 Å². The van der Waals surface area contributed by atoms with Gasteiger partial charge >= 0.3 is 0 Å². The van der Waals surface area contributed by atoms with Crippen LogP contribution in [0.2, 0.25) is 0 Å². The molecular weight excluding hydrogens is 406 g/mol. The summed E-state index contributed by atoms with van der Waals surface area (Å²) in [7, 11) is 0. The van der Waals surface area contributed by atoms with Gasteiger partial charge in [-0.2, -0.15) is 0 Å². The number of hydrogen-bond donors (Lipinski definition) is 1. The molecule has 0 spiro atoms. The Morgan fingerprint density at radius 1 is 0.900 bits per heavy atom. The summed E-state index contributed by atoms with van der Waals surface area (Å²) in [6.07, 6.45) is 0. The van der Waals surface area contributed by atoms with E-state index in [4.69, 9.17) is 0 Å². The summed E-state index contributed by atoms with van der Waals surface area (Å²) in [5.74, 6) is -1.12. The number of carbonyl (C=O) groups is 5. The second-order valence-electron chi connectivity index (χ2n) is 6.79. The van der Waals surface area contributed by atoms with E-state index in [1.807, 2.05) is 0 Å². The molecule has 2 aromatic carbocycles. The first-order chi connectivity index (χ1) is 14.5. The molecule has 8 nitrogen and oxygen atoms in total. The highest BCUT2D eigenvalue weighted by molar-refractivity contribution is 8.14. The molecule has 5 amide bonds. The highest BCUT2D eigenvalue weighted by atomic mass is 32.2. The zero-order chi connectivity index (χ0) is 21.3. The van der Waals surface area contributed by atoms with Crippen LogP contribution < -0.4 is 5.32 Å². The molecular formula is C21H17N3O5S. The van der Waals surface area contributed by atoms with Crippen molar-refractivity contribution in [3.8, 4) is 0 Å². The SMILES string of the molecule is O=C(NCCN1C(=O)CSC1=O)c1ccc(CN2C(=O)c3ccccc3C2=O)cc1. The second kappa shape index (κ2) is 8.11. The van der Waals surface area contributed by atoms with Crippen molar-refractivity contribution in [2.24, 2.45) is 0 Å². The largest absolute Gasteiger partial charge is 0.350 e. The van der Waals surface area contributed by atoms with E-state index in [0.29, 0.717) is 22.3 Å². The average Bonchev–Trinajstić information content (AvgIpc) is 3.20. The molecule has 4 rings (SSSR count). The van der Waals surface area contributed by atoms with Crippen molar-refractivity contribution in [2.45, 2.75) is 6.54 Å². The van der Waals surface area contributed by atoms with E-state index in [1.54, 1.807) is 48.5 Å². The Morgan fingerprint density at radius 3 is 2.10 bits per heavy atom. The van der Waals surface area contributed by atoms with E-state index in [1.165, 1.54) is 4.90 Å². The fraction of sp³-hybridized carbons (Fsp3) is 0.190. The molecule has 0 aromatic heterocycles. The third kappa shape index (κ3) is 3.71. The van der Waals surface area contributed by atoms with E-state index < -0.39 is 0 Å². The molecule has 0 unspecified atom stereocenters. The van der Waals surface area contributed by atoms with Crippen LogP contribution in [-0.4, -0.2) is 57.5 Å². The van der Waals surface area contributed by atoms with Crippen molar-refractivity contribution in [1.82, 2.24) is 15.1 Å².